The monoisotopic (exact) mass is 319 g/mol. The Morgan fingerprint density at radius 2 is 1.83 bits per heavy atom. The molecule has 5 nitrogen and oxygen atoms in total. The van der Waals surface area contributed by atoms with Gasteiger partial charge in [0.25, 0.3) is 0 Å². The highest BCUT2D eigenvalue weighted by atomic mass is 16.4. The van der Waals surface area contributed by atoms with E-state index in [2.05, 4.69) is 15.5 Å². The summed E-state index contributed by atoms with van der Waals surface area (Å²) in [5.74, 6) is -0.286. The van der Waals surface area contributed by atoms with Crippen LogP contribution in [0.1, 0.15) is 21.5 Å². The maximum atomic E-state index is 11.0. The summed E-state index contributed by atoms with van der Waals surface area (Å²) in [7, 11) is 0. The summed E-state index contributed by atoms with van der Waals surface area (Å²) in [5, 5.41) is 20.6. The smallest absolute Gasteiger partial charge is 0.335 e. The van der Waals surface area contributed by atoms with Gasteiger partial charge in [-0.2, -0.15) is 0 Å². The van der Waals surface area contributed by atoms with Gasteiger partial charge in [-0.3, -0.25) is 0 Å². The Kier molecular flexibility index (Phi) is 4.52. The first-order chi connectivity index (χ1) is 11.6. The standard InChI is InChI=1S/C19H17N3O2/c1-13-5-7-15(8-6-13)17-9-10-18(22-21-17)20-12-14-3-2-4-16(11-14)19(23)24/h2-11H,12H2,1H3,(H,20,22)(H,23,24). The number of aryl methyl sites for hydroxylation is 1. The first-order valence-corrected chi connectivity index (χ1v) is 7.59. The van der Waals surface area contributed by atoms with Crippen molar-refractivity contribution >= 4 is 11.8 Å². The van der Waals surface area contributed by atoms with Gasteiger partial charge in [0.1, 0.15) is 5.82 Å². The summed E-state index contributed by atoms with van der Waals surface area (Å²) in [6, 6.07) is 18.7. The van der Waals surface area contributed by atoms with Crippen LogP contribution in [-0.4, -0.2) is 21.3 Å². The van der Waals surface area contributed by atoms with E-state index in [0.717, 1.165) is 16.8 Å². The molecule has 120 valence electrons. The van der Waals surface area contributed by atoms with Gasteiger partial charge in [-0.15, -0.1) is 10.2 Å². The van der Waals surface area contributed by atoms with E-state index in [1.54, 1.807) is 18.2 Å². The molecule has 0 spiro atoms. The van der Waals surface area contributed by atoms with E-state index in [-0.39, 0.29) is 5.56 Å². The minimum Gasteiger partial charge on any atom is -0.478 e. The molecular formula is C19H17N3O2. The number of aromatic carboxylic acids is 1. The van der Waals surface area contributed by atoms with Crippen LogP contribution in [0, 0.1) is 6.92 Å². The fraction of sp³-hybridized carbons (Fsp3) is 0.105. The molecule has 1 aromatic heterocycles. The molecule has 3 aromatic rings. The molecule has 0 radical (unpaired) electrons. The van der Waals surface area contributed by atoms with Gasteiger partial charge < -0.3 is 10.4 Å². The number of hydrogen-bond acceptors (Lipinski definition) is 4. The van der Waals surface area contributed by atoms with Crippen LogP contribution in [0.4, 0.5) is 5.82 Å². The number of benzene rings is 2. The molecule has 24 heavy (non-hydrogen) atoms. The average Bonchev–Trinajstić information content (AvgIpc) is 2.61. The third-order valence-corrected chi connectivity index (χ3v) is 3.66. The van der Waals surface area contributed by atoms with Crippen LogP contribution in [-0.2, 0) is 6.54 Å². The minimum absolute atomic E-state index is 0.273. The van der Waals surface area contributed by atoms with Crippen molar-refractivity contribution in [3.63, 3.8) is 0 Å². The first kappa shape index (κ1) is 15.7. The van der Waals surface area contributed by atoms with Crippen LogP contribution in [0.25, 0.3) is 11.3 Å². The molecular weight excluding hydrogens is 302 g/mol. The average molecular weight is 319 g/mol. The number of rotatable bonds is 5. The van der Waals surface area contributed by atoms with Crippen LogP contribution in [0.5, 0.6) is 0 Å². The van der Waals surface area contributed by atoms with Crippen molar-refractivity contribution in [3.8, 4) is 11.3 Å². The Labute approximate surface area is 140 Å². The second kappa shape index (κ2) is 6.91. The predicted octanol–water partition coefficient (Wildman–Crippen LogP) is 3.76. The molecule has 2 aromatic carbocycles. The molecule has 0 fully saturated rings. The minimum atomic E-state index is -0.931. The number of aromatic nitrogens is 2. The van der Waals surface area contributed by atoms with Crippen LogP contribution < -0.4 is 5.32 Å². The Bertz CT molecular complexity index is 843. The second-order valence-corrected chi connectivity index (χ2v) is 5.53. The predicted molar refractivity (Wildman–Crippen MR) is 92.9 cm³/mol. The van der Waals surface area contributed by atoms with Crippen molar-refractivity contribution < 1.29 is 9.90 Å². The van der Waals surface area contributed by atoms with Crippen molar-refractivity contribution in [2.24, 2.45) is 0 Å². The summed E-state index contributed by atoms with van der Waals surface area (Å²) < 4.78 is 0. The maximum absolute atomic E-state index is 11.0. The Morgan fingerprint density at radius 3 is 2.50 bits per heavy atom. The van der Waals surface area contributed by atoms with Gasteiger partial charge in [-0.25, -0.2) is 4.79 Å². The van der Waals surface area contributed by atoms with Crippen molar-refractivity contribution in [2.75, 3.05) is 5.32 Å². The van der Waals surface area contributed by atoms with Gasteiger partial charge in [0.05, 0.1) is 11.3 Å². The number of anilines is 1. The molecule has 5 heteroatoms. The van der Waals surface area contributed by atoms with E-state index in [1.165, 1.54) is 5.56 Å². The van der Waals surface area contributed by atoms with Crippen molar-refractivity contribution in [3.05, 3.63) is 77.4 Å². The van der Waals surface area contributed by atoms with E-state index in [1.807, 2.05) is 49.4 Å². The second-order valence-electron chi connectivity index (χ2n) is 5.53. The van der Waals surface area contributed by atoms with Gasteiger partial charge in [0.15, 0.2) is 0 Å². The van der Waals surface area contributed by atoms with Gasteiger partial charge in [0, 0.05) is 12.1 Å². The third kappa shape index (κ3) is 3.76. The number of hydrogen-bond donors (Lipinski definition) is 2. The van der Waals surface area contributed by atoms with Gasteiger partial charge in [0.2, 0.25) is 0 Å². The van der Waals surface area contributed by atoms with Crippen LogP contribution in [0.3, 0.4) is 0 Å². The highest BCUT2D eigenvalue weighted by Gasteiger charge is 2.04. The van der Waals surface area contributed by atoms with E-state index in [4.69, 9.17) is 5.11 Å². The largest absolute Gasteiger partial charge is 0.478 e. The topological polar surface area (TPSA) is 75.1 Å². The zero-order chi connectivity index (χ0) is 16.9. The summed E-state index contributed by atoms with van der Waals surface area (Å²) >= 11 is 0. The molecule has 0 bridgehead atoms. The summed E-state index contributed by atoms with van der Waals surface area (Å²) in [5.41, 5.74) is 4.19. The SMILES string of the molecule is Cc1ccc(-c2ccc(NCc3cccc(C(=O)O)c3)nn2)cc1. The normalized spacial score (nSPS) is 10.4. The molecule has 3 rings (SSSR count). The molecule has 0 aliphatic carbocycles. The lowest BCUT2D eigenvalue weighted by Crippen LogP contribution is -2.04. The van der Waals surface area contributed by atoms with Crippen molar-refractivity contribution in [1.29, 1.82) is 0 Å². The van der Waals surface area contributed by atoms with Gasteiger partial charge >= 0.3 is 5.97 Å². The van der Waals surface area contributed by atoms with Gasteiger partial charge in [-0.05, 0) is 36.8 Å². The third-order valence-electron chi connectivity index (χ3n) is 3.66. The molecule has 0 saturated heterocycles. The molecule has 0 aliphatic rings. The van der Waals surface area contributed by atoms with E-state index >= 15 is 0 Å². The van der Waals surface area contributed by atoms with Crippen LogP contribution in [0.2, 0.25) is 0 Å². The number of carboxylic acids is 1. The molecule has 2 N–H and O–H groups in total. The zero-order valence-electron chi connectivity index (χ0n) is 13.2. The quantitative estimate of drug-likeness (QED) is 0.749. The number of carbonyl (C=O) groups is 1. The molecule has 0 atom stereocenters. The van der Waals surface area contributed by atoms with Crippen molar-refractivity contribution in [1.82, 2.24) is 10.2 Å². The van der Waals surface area contributed by atoms with Crippen LogP contribution >= 0.6 is 0 Å². The summed E-state index contributed by atoms with van der Waals surface area (Å²) in [6.07, 6.45) is 0. The summed E-state index contributed by atoms with van der Waals surface area (Å²) in [6.45, 7) is 2.53. The fourth-order valence-corrected chi connectivity index (χ4v) is 2.31. The molecule has 1 heterocycles. The zero-order valence-corrected chi connectivity index (χ0v) is 13.2. The molecule has 0 saturated carbocycles. The van der Waals surface area contributed by atoms with Crippen LogP contribution in [0.15, 0.2) is 60.7 Å². The highest BCUT2D eigenvalue weighted by molar-refractivity contribution is 5.87. The number of carboxylic acid groups (broad SMARTS) is 1. The molecule has 0 aliphatic heterocycles. The van der Waals surface area contributed by atoms with E-state index in [9.17, 15) is 4.79 Å². The lowest BCUT2D eigenvalue weighted by molar-refractivity contribution is 0.0697. The Morgan fingerprint density at radius 1 is 1.04 bits per heavy atom. The fourth-order valence-electron chi connectivity index (χ4n) is 2.31. The highest BCUT2D eigenvalue weighted by Crippen LogP contribution is 2.18. The first-order valence-electron chi connectivity index (χ1n) is 7.59. The lowest BCUT2D eigenvalue weighted by Gasteiger charge is -2.07. The van der Waals surface area contributed by atoms with Crippen molar-refractivity contribution in [2.45, 2.75) is 13.5 Å². The number of nitrogens with zero attached hydrogens (tertiary/aromatic N) is 2. The molecule has 0 amide bonds. The number of nitrogens with one attached hydrogen (secondary N) is 1. The lowest BCUT2D eigenvalue weighted by atomic mass is 10.1. The summed E-state index contributed by atoms with van der Waals surface area (Å²) in [4.78, 5) is 11.0. The Hall–Kier alpha value is -3.21. The maximum Gasteiger partial charge on any atom is 0.335 e. The van der Waals surface area contributed by atoms with E-state index < -0.39 is 5.97 Å². The molecule has 0 unspecified atom stereocenters. The van der Waals surface area contributed by atoms with E-state index in [0.29, 0.717) is 12.4 Å². The van der Waals surface area contributed by atoms with Gasteiger partial charge in [-0.1, -0.05) is 42.0 Å². The Balaban J connectivity index is 1.67.